The van der Waals surface area contributed by atoms with E-state index in [0.717, 1.165) is 23.7 Å². The van der Waals surface area contributed by atoms with Crippen LogP contribution in [0.4, 0.5) is 13.2 Å². The highest BCUT2D eigenvalue weighted by Gasteiger charge is 2.48. The maximum atomic E-state index is 12.8. The number of aromatic amines is 1. The van der Waals surface area contributed by atoms with Crippen LogP contribution in [-0.4, -0.2) is 55.7 Å². The SMILES string of the molecule is CN1C(OC(=O)C(F)(F)F)=[N+]C(c2ccc([C@H]3C[C@@H]3c3nn[nH]n3)cc2)=C1Sc1ccc(Cl)cn1. The van der Waals surface area contributed by atoms with Crippen molar-refractivity contribution in [1.29, 1.82) is 0 Å². The van der Waals surface area contributed by atoms with Gasteiger partial charge in [-0.25, -0.2) is 9.78 Å². The Morgan fingerprint density at radius 2 is 2.00 bits per heavy atom. The summed E-state index contributed by atoms with van der Waals surface area (Å²) in [6.45, 7) is 0. The Kier molecular flexibility index (Phi) is 5.97. The molecule has 9 nitrogen and oxygen atoms in total. The number of benzene rings is 1. The summed E-state index contributed by atoms with van der Waals surface area (Å²) in [4.78, 5) is 21.1. The molecule has 1 aliphatic carbocycles. The van der Waals surface area contributed by atoms with Gasteiger partial charge in [-0.2, -0.15) is 23.3 Å². The van der Waals surface area contributed by atoms with Crippen LogP contribution in [0.2, 0.25) is 5.02 Å². The number of ether oxygens (including phenoxy) is 1. The van der Waals surface area contributed by atoms with Crippen LogP contribution >= 0.6 is 23.4 Å². The predicted molar refractivity (Wildman–Crippen MR) is 120 cm³/mol. The van der Waals surface area contributed by atoms with Crippen molar-refractivity contribution in [2.75, 3.05) is 7.05 Å². The first-order valence-electron chi connectivity index (χ1n) is 10.2. The number of carbonyl (C=O) groups excluding carboxylic acids is 1. The normalized spacial score (nSPS) is 19.7. The lowest BCUT2D eigenvalue weighted by Gasteiger charge is -2.10. The Morgan fingerprint density at radius 1 is 1.23 bits per heavy atom. The number of hydrogen-bond donors (Lipinski definition) is 1. The first-order valence-corrected chi connectivity index (χ1v) is 11.4. The van der Waals surface area contributed by atoms with Gasteiger partial charge in [0.2, 0.25) is 10.7 Å². The van der Waals surface area contributed by atoms with Crippen molar-refractivity contribution in [3.05, 3.63) is 69.6 Å². The van der Waals surface area contributed by atoms with Crippen LogP contribution in [0.15, 0.2) is 52.7 Å². The van der Waals surface area contributed by atoms with Crippen molar-refractivity contribution < 1.29 is 22.7 Å². The first kappa shape index (κ1) is 23.3. The van der Waals surface area contributed by atoms with Crippen molar-refractivity contribution in [2.24, 2.45) is 0 Å². The molecule has 0 amide bonds. The molecule has 2 atom stereocenters. The fourth-order valence-corrected chi connectivity index (χ4v) is 4.61. The van der Waals surface area contributed by atoms with Crippen molar-refractivity contribution in [3.63, 3.8) is 0 Å². The van der Waals surface area contributed by atoms with Crippen LogP contribution in [0.5, 0.6) is 0 Å². The molecule has 2 aromatic heterocycles. The fraction of sp³-hybridized carbons (Fsp3) is 0.238. The standard InChI is InChI=1S/C21H15ClF3N7O2S/c1-32-18(35-15-7-6-12(22)9-26-15)16(27-20(32)34-19(33)21(23,24)25)11-4-2-10(3-5-11)13-8-14(13)17-28-30-31-29-17/h2-7,9,13-14H,8H2,1H3,(H,28,29,30,31)/q+1/t13-,14+/m1/s1. The minimum atomic E-state index is -5.15. The molecule has 1 saturated carbocycles. The monoisotopic (exact) mass is 521 g/mol. The maximum absolute atomic E-state index is 12.8. The van der Waals surface area contributed by atoms with Gasteiger partial charge in [0.05, 0.1) is 12.1 Å². The summed E-state index contributed by atoms with van der Waals surface area (Å²) in [6.07, 6.45) is -2.81. The van der Waals surface area contributed by atoms with Gasteiger partial charge in [-0.1, -0.05) is 41.1 Å². The number of halogens is 4. The van der Waals surface area contributed by atoms with Crippen LogP contribution in [0.1, 0.15) is 35.2 Å². The average molecular weight is 522 g/mol. The van der Waals surface area contributed by atoms with Crippen LogP contribution in [0, 0.1) is 0 Å². The average Bonchev–Trinajstić information content (AvgIpc) is 3.32. The smallest absolute Gasteiger partial charge is 0.347 e. The molecule has 0 spiro atoms. The van der Waals surface area contributed by atoms with Gasteiger partial charge in [0, 0.05) is 22.7 Å². The third-order valence-corrected chi connectivity index (χ3v) is 6.75. The predicted octanol–water partition coefficient (Wildman–Crippen LogP) is 3.68. The summed E-state index contributed by atoms with van der Waals surface area (Å²) in [5, 5.41) is 15.5. The van der Waals surface area contributed by atoms with E-state index in [0.29, 0.717) is 32.2 Å². The van der Waals surface area contributed by atoms with Gasteiger partial charge in [-0.15, -0.1) is 10.2 Å². The molecule has 1 fully saturated rings. The molecule has 14 heteroatoms. The fourth-order valence-electron chi connectivity index (χ4n) is 3.59. The van der Waals surface area contributed by atoms with Gasteiger partial charge in [0.15, 0.2) is 5.82 Å². The molecule has 2 aliphatic rings. The maximum Gasteiger partial charge on any atom is 0.508 e. The highest BCUT2D eigenvalue weighted by atomic mass is 35.5. The van der Waals surface area contributed by atoms with E-state index in [4.69, 9.17) is 11.6 Å². The van der Waals surface area contributed by atoms with E-state index >= 15 is 0 Å². The minimum absolute atomic E-state index is 0.185. The molecule has 5 rings (SSSR count). The van der Waals surface area contributed by atoms with Crippen molar-refractivity contribution >= 4 is 41.1 Å². The van der Waals surface area contributed by atoms with Gasteiger partial charge < -0.3 is 4.74 Å². The lowest BCUT2D eigenvalue weighted by molar-refractivity contribution is -0.191. The second kappa shape index (κ2) is 8.96. The molecular formula is C21H15ClF3N7O2S+. The molecule has 1 aromatic carbocycles. The Morgan fingerprint density at radius 3 is 2.63 bits per heavy atom. The van der Waals surface area contributed by atoms with Crippen LogP contribution in [-0.2, 0) is 9.53 Å². The Labute approximate surface area is 205 Å². The third-order valence-electron chi connectivity index (χ3n) is 5.41. The summed E-state index contributed by atoms with van der Waals surface area (Å²) in [5.41, 5.74) is 2.04. The molecule has 3 heterocycles. The summed E-state index contributed by atoms with van der Waals surface area (Å²) < 4.78 is 42.9. The van der Waals surface area contributed by atoms with Gasteiger partial charge >= 0.3 is 18.2 Å². The van der Waals surface area contributed by atoms with Gasteiger partial charge in [-0.05, 0) is 41.8 Å². The largest absolute Gasteiger partial charge is 0.508 e. The molecule has 1 aliphatic heterocycles. The van der Waals surface area contributed by atoms with Gasteiger partial charge in [0.25, 0.3) is 0 Å². The molecule has 0 unspecified atom stereocenters. The van der Waals surface area contributed by atoms with Gasteiger partial charge in [0.1, 0.15) is 5.03 Å². The molecule has 1 N–H and O–H groups in total. The number of alkyl halides is 3. The zero-order valence-electron chi connectivity index (χ0n) is 17.8. The van der Waals surface area contributed by atoms with E-state index in [1.165, 1.54) is 18.1 Å². The van der Waals surface area contributed by atoms with E-state index in [2.05, 4.69) is 35.3 Å². The van der Waals surface area contributed by atoms with Gasteiger partial charge in [-0.3, -0.25) is 0 Å². The highest BCUT2D eigenvalue weighted by Crippen LogP contribution is 2.53. The highest BCUT2D eigenvalue weighted by molar-refractivity contribution is 8.03. The number of nitrogens with one attached hydrogen (secondary N) is 1. The number of pyridine rings is 1. The molecule has 35 heavy (non-hydrogen) atoms. The number of esters is 1. The van der Waals surface area contributed by atoms with E-state index in [1.54, 1.807) is 12.1 Å². The van der Waals surface area contributed by atoms with Crippen molar-refractivity contribution in [2.45, 2.75) is 29.5 Å². The number of amidine groups is 1. The van der Waals surface area contributed by atoms with E-state index in [1.807, 2.05) is 24.3 Å². The van der Waals surface area contributed by atoms with E-state index in [9.17, 15) is 18.0 Å². The number of carbonyl (C=O) groups is 1. The summed E-state index contributed by atoms with van der Waals surface area (Å²) >= 11 is 7.05. The van der Waals surface area contributed by atoms with E-state index in [-0.39, 0.29) is 11.8 Å². The zero-order chi connectivity index (χ0) is 24.7. The molecule has 179 valence electrons. The molecule has 0 bridgehead atoms. The number of tetrazole rings is 1. The number of aromatic nitrogens is 5. The lowest BCUT2D eigenvalue weighted by atomic mass is 10.1. The number of aliphatic imine (C=N–C) groups is 1. The molecular weight excluding hydrogens is 507 g/mol. The van der Waals surface area contributed by atoms with Crippen LogP contribution < -0.4 is 4.99 Å². The minimum Gasteiger partial charge on any atom is -0.347 e. The summed E-state index contributed by atoms with van der Waals surface area (Å²) in [7, 11) is 1.46. The molecule has 0 saturated heterocycles. The lowest BCUT2D eigenvalue weighted by Crippen LogP contribution is -2.34. The number of rotatable bonds is 5. The second-order valence-corrected chi connectivity index (χ2v) is 9.20. The second-order valence-electron chi connectivity index (χ2n) is 7.75. The Hall–Kier alpha value is -3.45. The van der Waals surface area contributed by atoms with Crippen molar-refractivity contribution in [1.82, 2.24) is 35.5 Å². The number of H-pyrrole nitrogens is 1. The first-order chi connectivity index (χ1) is 16.7. The topological polar surface area (TPSA) is 111 Å². The van der Waals surface area contributed by atoms with Crippen LogP contribution in [0.3, 0.4) is 0 Å². The van der Waals surface area contributed by atoms with Crippen molar-refractivity contribution in [3.8, 4) is 0 Å². The third kappa shape index (κ3) is 4.86. The quantitative estimate of drug-likeness (QED) is 0.506. The summed E-state index contributed by atoms with van der Waals surface area (Å²) in [6, 6.07) is 10.3. The molecule has 1 radical (unpaired) electrons. The number of nitrogens with zero attached hydrogens (tertiary/aromatic N) is 6. The summed E-state index contributed by atoms with van der Waals surface area (Å²) in [5.74, 6) is -1.25. The van der Waals surface area contributed by atoms with E-state index < -0.39 is 18.2 Å². The zero-order valence-corrected chi connectivity index (χ0v) is 19.4. The molecule has 3 aromatic rings. The number of thioether (sulfide) groups is 1. The Balaban J connectivity index is 1.43. The number of hydrogen-bond acceptors (Lipinski definition) is 9. The Bertz CT molecular complexity index is 1310. The van der Waals surface area contributed by atoms with Crippen LogP contribution in [0.25, 0.3) is 5.70 Å².